The third-order valence-electron chi connectivity index (χ3n) is 3.82. The van der Waals surface area contributed by atoms with Gasteiger partial charge in [0.15, 0.2) is 6.61 Å². The second kappa shape index (κ2) is 9.45. The first kappa shape index (κ1) is 19.3. The first-order valence-electron chi connectivity index (χ1n) is 8.46. The maximum Gasteiger partial charge on any atom is 0.277 e. The summed E-state index contributed by atoms with van der Waals surface area (Å²) < 4.78 is 11.0. The lowest BCUT2D eigenvalue weighted by Crippen LogP contribution is -2.24. The number of hydrazone groups is 1. The van der Waals surface area contributed by atoms with E-state index in [0.717, 1.165) is 16.3 Å². The number of hydrogen-bond donors (Lipinski definition) is 1. The average molecular weight is 393 g/mol. The second-order valence-electron chi connectivity index (χ2n) is 5.70. The molecule has 3 rings (SSSR count). The normalized spacial score (nSPS) is 10.6. The van der Waals surface area contributed by atoms with Gasteiger partial charge in [-0.25, -0.2) is 5.43 Å². The Bertz CT molecular complexity index is 1060. The Morgan fingerprint density at radius 3 is 2.68 bits per heavy atom. The van der Waals surface area contributed by atoms with Gasteiger partial charge in [0.1, 0.15) is 18.1 Å². The standard InChI is InChI=1S/C22H17ClN2O3/c1-2-13-27-20-12-11-16-7-3-4-8-17(16)18(20)14-24-25-22(26)15-28-21-10-6-5-9-19(21)23/h1,3-12,14H,13,15H2,(H,25,26)/b24-14-. The third-order valence-corrected chi connectivity index (χ3v) is 4.13. The smallest absolute Gasteiger partial charge is 0.277 e. The first-order chi connectivity index (χ1) is 13.7. The number of fused-ring (bicyclic) bond motifs is 1. The largest absolute Gasteiger partial charge is 0.482 e. The monoisotopic (exact) mass is 392 g/mol. The molecule has 0 radical (unpaired) electrons. The summed E-state index contributed by atoms with van der Waals surface area (Å²) in [6.07, 6.45) is 6.81. The van der Waals surface area contributed by atoms with E-state index in [1.165, 1.54) is 6.21 Å². The number of halogens is 1. The van der Waals surface area contributed by atoms with Crippen molar-refractivity contribution in [3.05, 3.63) is 71.2 Å². The maximum atomic E-state index is 12.0. The van der Waals surface area contributed by atoms with Crippen molar-refractivity contribution in [1.82, 2.24) is 5.43 Å². The minimum absolute atomic E-state index is 0.136. The Labute approximate surface area is 167 Å². The summed E-state index contributed by atoms with van der Waals surface area (Å²) in [5.41, 5.74) is 3.16. The van der Waals surface area contributed by atoms with Crippen molar-refractivity contribution in [3.63, 3.8) is 0 Å². The number of carbonyl (C=O) groups excluding carboxylic acids is 1. The molecule has 0 unspecified atom stereocenters. The predicted molar refractivity (Wildman–Crippen MR) is 111 cm³/mol. The highest BCUT2D eigenvalue weighted by atomic mass is 35.5. The van der Waals surface area contributed by atoms with E-state index in [1.54, 1.807) is 24.3 Å². The van der Waals surface area contributed by atoms with E-state index >= 15 is 0 Å². The zero-order chi connectivity index (χ0) is 19.8. The zero-order valence-electron chi connectivity index (χ0n) is 14.9. The van der Waals surface area contributed by atoms with Gasteiger partial charge in [-0.3, -0.25) is 4.79 Å². The van der Waals surface area contributed by atoms with E-state index in [2.05, 4.69) is 16.4 Å². The van der Waals surface area contributed by atoms with Gasteiger partial charge in [-0.15, -0.1) is 6.42 Å². The highest BCUT2D eigenvalue weighted by Crippen LogP contribution is 2.26. The van der Waals surface area contributed by atoms with Gasteiger partial charge in [0.05, 0.1) is 11.2 Å². The van der Waals surface area contributed by atoms with Gasteiger partial charge in [0.25, 0.3) is 5.91 Å². The Hall–Kier alpha value is -3.49. The Balaban J connectivity index is 1.70. The summed E-state index contributed by atoms with van der Waals surface area (Å²) in [4.78, 5) is 12.0. The van der Waals surface area contributed by atoms with Crippen LogP contribution >= 0.6 is 11.6 Å². The number of amides is 1. The van der Waals surface area contributed by atoms with Crippen LogP contribution in [0.4, 0.5) is 0 Å². The van der Waals surface area contributed by atoms with E-state index in [0.29, 0.717) is 16.5 Å². The number of benzene rings is 3. The predicted octanol–water partition coefficient (Wildman–Crippen LogP) is 4.03. The molecule has 0 aromatic heterocycles. The summed E-state index contributed by atoms with van der Waals surface area (Å²) >= 11 is 5.99. The maximum absolute atomic E-state index is 12.0. The fraction of sp³-hybridized carbons (Fsp3) is 0.0909. The number of nitrogens with zero attached hydrogens (tertiary/aromatic N) is 1. The molecule has 5 nitrogen and oxygen atoms in total. The van der Waals surface area contributed by atoms with E-state index in [-0.39, 0.29) is 13.2 Å². The molecule has 0 bridgehead atoms. The van der Waals surface area contributed by atoms with Gasteiger partial charge in [0, 0.05) is 5.56 Å². The fourth-order valence-electron chi connectivity index (χ4n) is 2.56. The lowest BCUT2D eigenvalue weighted by Gasteiger charge is -2.10. The van der Waals surface area contributed by atoms with Gasteiger partial charge in [-0.05, 0) is 29.0 Å². The summed E-state index contributed by atoms with van der Waals surface area (Å²) in [6, 6.07) is 18.5. The summed E-state index contributed by atoms with van der Waals surface area (Å²) in [7, 11) is 0. The molecular formula is C22H17ClN2O3. The third kappa shape index (κ3) is 4.81. The lowest BCUT2D eigenvalue weighted by atomic mass is 10.0. The van der Waals surface area contributed by atoms with Crippen molar-refractivity contribution in [2.75, 3.05) is 13.2 Å². The van der Waals surface area contributed by atoms with Crippen LogP contribution < -0.4 is 14.9 Å². The topological polar surface area (TPSA) is 59.9 Å². The summed E-state index contributed by atoms with van der Waals surface area (Å²) in [6.45, 7) is -0.0751. The molecule has 3 aromatic rings. The van der Waals surface area contributed by atoms with Crippen molar-refractivity contribution in [3.8, 4) is 23.8 Å². The molecule has 1 amide bonds. The number of rotatable bonds is 7. The first-order valence-corrected chi connectivity index (χ1v) is 8.84. The molecular weight excluding hydrogens is 376 g/mol. The summed E-state index contributed by atoms with van der Waals surface area (Å²) in [5, 5.41) is 6.41. The van der Waals surface area contributed by atoms with Gasteiger partial charge >= 0.3 is 0 Å². The van der Waals surface area contributed by atoms with Crippen LogP contribution in [0.3, 0.4) is 0 Å². The molecule has 28 heavy (non-hydrogen) atoms. The van der Waals surface area contributed by atoms with Crippen LogP contribution in [0, 0.1) is 12.3 Å². The van der Waals surface area contributed by atoms with Crippen LogP contribution in [-0.4, -0.2) is 25.3 Å². The number of terminal acetylenes is 1. The molecule has 0 aliphatic carbocycles. The minimum atomic E-state index is -0.414. The highest BCUT2D eigenvalue weighted by molar-refractivity contribution is 6.32. The molecule has 0 saturated carbocycles. The lowest BCUT2D eigenvalue weighted by molar-refractivity contribution is -0.123. The highest BCUT2D eigenvalue weighted by Gasteiger charge is 2.08. The number of nitrogens with one attached hydrogen (secondary N) is 1. The van der Waals surface area contributed by atoms with Crippen LogP contribution in [0.2, 0.25) is 5.02 Å². The van der Waals surface area contributed by atoms with Crippen molar-refractivity contribution in [1.29, 1.82) is 0 Å². The number of hydrogen-bond acceptors (Lipinski definition) is 4. The Morgan fingerprint density at radius 1 is 1.07 bits per heavy atom. The SMILES string of the molecule is C#CCOc1ccc2ccccc2c1/C=N\NC(=O)COc1ccccc1Cl. The minimum Gasteiger partial charge on any atom is -0.482 e. The molecule has 0 aliphatic heterocycles. The van der Waals surface area contributed by atoms with Gasteiger partial charge < -0.3 is 9.47 Å². The van der Waals surface area contributed by atoms with Gasteiger partial charge in [0.2, 0.25) is 0 Å². The molecule has 0 spiro atoms. The molecule has 0 fully saturated rings. The van der Waals surface area contributed by atoms with E-state index in [1.807, 2.05) is 36.4 Å². The molecule has 0 heterocycles. The molecule has 6 heteroatoms. The van der Waals surface area contributed by atoms with Crippen LogP contribution in [0.25, 0.3) is 10.8 Å². The van der Waals surface area contributed by atoms with Crippen molar-refractivity contribution in [2.45, 2.75) is 0 Å². The molecule has 0 aliphatic rings. The van der Waals surface area contributed by atoms with Gasteiger partial charge in [-0.2, -0.15) is 5.10 Å². The second-order valence-corrected chi connectivity index (χ2v) is 6.11. The van der Waals surface area contributed by atoms with Crippen LogP contribution in [0.5, 0.6) is 11.5 Å². The van der Waals surface area contributed by atoms with E-state index in [4.69, 9.17) is 27.5 Å². The van der Waals surface area contributed by atoms with Crippen LogP contribution in [0.1, 0.15) is 5.56 Å². The number of para-hydroxylation sites is 1. The molecule has 0 saturated heterocycles. The summed E-state index contributed by atoms with van der Waals surface area (Å²) in [5.74, 6) is 3.04. The molecule has 3 aromatic carbocycles. The Kier molecular flexibility index (Phi) is 6.50. The van der Waals surface area contributed by atoms with Crippen molar-refractivity contribution in [2.24, 2.45) is 5.10 Å². The van der Waals surface area contributed by atoms with Crippen LogP contribution in [-0.2, 0) is 4.79 Å². The molecule has 1 N–H and O–H groups in total. The molecule has 0 atom stereocenters. The van der Waals surface area contributed by atoms with Crippen molar-refractivity contribution >= 4 is 34.5 Å². The fourth-order valence-corrected chi connectivity index (χ4v) is 2.75. The number of carbonyl (C=O) groups is 1. The van der Waals surface area contributed by atoms with Crippen molar-refractivity contribution < 1.29 is 14.3 Å². The van der Waals surface area contributed by atoms with E-state index in [9.17, 15) is 4.79 Å². The quantitative estimate of drug-likeness (QED) is 0.375. The Morgan fingerprint density at radius 2 is 1.86 bits per heavy atom. The molecule has 140 valence electrons. The van der Waals surface area contributed by atoms with Crippen LogP contribution in [0.15, 0.2) is 65.8 Å². The zero-order valence-corrected chi connectivity index (χ0v) is 15.6. The van der Waals surface area contributed by atoms with Gasteiger partial charge in [-0.1, -0.05) is 60.0 Å². The number of ether oxygens (including phenoxy) is 2. The van der Waals surface area contributed by atoms with E-state index < -0.39 is 5.91 Å². The average Bonchev–Trinajstić information content (AvgIpc) is 2.72.